The third kappa shape index (κ3) is 6.68. The van der Waals surface area contributed by atoms with Gasteiger partial charge in [0, 0.05) is 5.33 Å². The highest BCUT2D eigenvalue weighted by molar-refractivity contribution is 9.09. The maximum Gasteiger partial charge on any atom is 0.349 e. The van der Waals surface area contributed by atoms with Crippen LogP contribution in [0.3, 0.4) is 0 Å². The maximum atomic E-state index is 12.1. The molecule has 0 unspecified atom stereocenters. The normalized spacial score (nSPS) is 11.1. The topological polar surface area (TPSA) is 35.5 Å². The molecule has 4 heteroatoms. The second-order valence-electron chi connectivity index (χ2n) is 6.55. The maximum absolute atomic E-state index is 12.1. The first-order valence-electron chi connectivity index (χ1n) is 8.47. The lowest BCUT2D eigenvalue weighted by molar-refractivity contribution is -0.158. The lowest BCUT2D eigenvalue weighted by atomic mass is 10.0. The van der Waals surface area contributed by atoms with E-state index in [2.05, 4.69) is 48.0 Å². The van der Waals surface area contributed by atoms with Crippen molar-refractivity contribution in [3.05, 3.63) is 41.0 Å². The van der Waals surface area contributed by atoms with Crippen LogP contribution >= 0.6 is 15.9 Å². The lowest BCUT2D eigenvalue weighted by Crippen LogP contribution is -2.40. The Morgan fingerprint density at radius 2 is 2.00 bits per heavy atom. The Balaban J connectivity index is 3.06. The van der Waals surface area contributed by atoms with Crippen LogP contribution in [-0.2, 0) is 22.4 Å². The third-order valence-corrected chi connectivity index (χ3v) is 4.15. The van der Waals surface area contributed by atoms with Crippen molar-refractivity contribution in [3.8, 4) is 5.75 Å². The van der Waals surface area contributed by atoms with E-state index in [4.69, 9.17) is 9.47 Å². The molecule has 0 aromatic heterocycles. The zero-order chi connectivity index (χ0) is 18.2. The summed E-state index contributed by atoms with van der Waals surface area (Å²) in [4.78, 5) is 12.1. The molecule has 0 aliphatic carbocycles. The quantitative estimate of drug-likeness (QED) is 0.325. The van der Waals surface area contributed by atoms with Gasteiger partial charge in [-0.3, -0.25) is 0 Å². The molecule has 1 aromatic carbocycles. The first-order chi connectivity index (χ1) is 11.3. The number of aryl methyl sites for hydroxylation is 1. The highest BCUT2D eigenvalue weighted by atomic mass is 79.9. The Hall–Kier alpha value is -1.29. The molecule has 0 spiro atoms. The molecule has 134 valence electrons. The van der Waals surface area contributed by atoms with Gasteiger partial charge in [-0.05, 0) is 71.1 Å². The first-order valence-corrected chi connectivity index (χ1v) is 9.59. The molecule has 1 rings (SSSR count). The Morgan fingerprint density at radius 3 is 2.58 bits per heavy atom. The fraction of sp³-hybridized carbons (Fsp3) is 0.550. The largest absolute Gasteiger partial charge is 0.476 e. The van der Waals surface area contributed by atoms with Gasteiger partial charge in [0.1, 0.15) is 5.75 Å². The van der Waals surface area contributed by atoms with E-state index in [1.54, 1.807) is 20.8 Å². The van der Waals surface area contributed by atoms with Gasteiger partial charge in [-0.1, -0.05) is 39.7 Å². The number of alkyl halides is 1. The Morgan fingerprint density at radius 1 is 1.29 bits per heavy atom. The molecular formula is C20H29BrO3. The van der Waals surface area contributed by atoms with Gasteiger partial charge in [0.2, 0.25) is 0 Å². The summed E-state index contributed by atoms with van der Waals surface area (Å²) < 4.78 is 11.1. The Labute approximate surface area is 154 Å². The lowest BCUT2D eigenvalue weighted by Gasteiger charge is -2.25. The van der Waals surface area contributed by atoms with Gasteiger partial charge in [-0.15, -0.1) is 0 Å². The Kier molecular flexibility index (Phi) is 8.54. The predicted molar refractivity (Wildman–Crippen MR) is 103 cm³/mol. The molecule has 24 heavy (non-hydrogen) atoms. The number of allylic oxidation sites excluding steroid dienone is 2. The van der Waals surface area contributed by atoms with Gasteiger partial charge in [-0.25, -0.2) is 4.79 Å². The van der Waals surface area contributed by atoms with Crippen LogP contribution in [0.5, 0.6) is 5.75 Å². The highest BCUT2D eigenvalue weighted by Crippen LogP contribution is 2.27. The van der Waals surface area contributed by atoms with E-state index in [0.29, 0.717) is 6.61 Å². The minimum Gasteiger partial charge on any atom is -0.476 e. The fourth-order valence-corrected chi connectivity index (χ4v) is 2.53. The van der Waals surface area contributed by atoms with Gasteiger partial charge in [0.25, 0.3) is 0 Å². The number of ether oxygens (including phenoxy) is 2. The number of hydrogen-bond donors (Lipinski definition) is 0. The zero-order valence-electron chi connectivity index (χ0n) is 15.4. The molecule has 0 fully saturated rings. The molecule has 0 bridgehead atoms. The van der Waals surface area contributed by atoms with Crippen LogP contribution in [-0.4, -0.2) is 23.5 Å². The van der Waals surface area contributed by atoms with Crippen LogP contribution in [0.4, 0.5) is 0 Å². The summed E-state index contributed by atoms with van der Waals surface area (Å²) in [7, 11) is 0. The Bertz CT molecular complexity index is 572. The zero-order valence-corrected chi connectivity index (χ0v) is 17.0. The summed E-state index contributed by atoms with van der Waals surface area (Å²) in [6.07, 6.45) is 5.08. The minimum atomic E-state index is -1.01. The molecule has 0 aliphatic heterocycles. The molecule has 0 atom stereocenters. The van der Waals surface area contributed by atoms with Gasteiger partial charge in [0.15, 0.2) is 5.60 Å². The molecule has 0 heterocycles. The number of hydrogen-bond acceptors (Lipinski definition) is 3. The fourth-order valence-electron chi connectivity index (χ4n) is 2.25. The highest BCUT2D eigenvalue weighted by Gasteiger charge is 2.32. The average Bonchev–Trinajstić information content (AvgIpc) is 2.52. The van der Waals surface area contributed by atoms with Crippen molar-refractivity contribution in [1.29, 1.82) is 0 Å². The molecular weight excluding hydrogens is 368 g/mol. The second kappa shape index (κ2) is 9.87. The predicted octanol–water partition coefficient (Wildman–Crippen LogP) is 5.24. The summed E-state index contributed by atoms with van der Waals surface area (Å²) >= 11 is 3.47. The smallest absolute Gasteiger partial charge is 0.349 e. The van der Waals surface area contributed by atoms with Gasteiger partial charge >= 0.3 is 5.97 Å². The molecule has 1 aromatic rings. The molecule has 0 saturated heterocycles. The number of carbonyl (C=O) groups is 1. The number of halogens is 1. The molecule has 0 aliphatic rings. The SMILES string of the molecule is CCOC(=O)C(C)(C)Oc1ccc(CCCBr)cc1CC=C(C)C. The third-order valence-electron chi connectivity index (χ3n) is 3.59. The van der Waals surface area contributed by atoms with E-state index in [9.17, 15) is 4.79 Å². The van der Waals surface area contributed by atoms with Crippen LogP contribution in [0, 0.1) is 0 Å². The summed E-state index contributed by atoms with van der Waals surface area (Å²) in [5.41, 5.74) is 2.64. The van der Waals surface area contributed by atoms with Crippen LogP contribution in [0.25, 0.3) is 0 Å². The first kappa shape index (κ1) is 20.8. The number of benzene rings is 1. The van der Waals surface area contributed by atoms with Gasteiger partial charge in [0.05, 0.1) is 6.61 Å². The summed E-state index contributed by atoms with van der Waals surface area (Å²) in [6, 6.07) is 6.22. The summed E-state index contributed by atoms with van der Waals surface area (Å²) in [6.45, 7) is 9.80. The van der Waals surface area contributed by atoms with Crippen molar-refractivity contribution in [2.45, 2.75) is 59.5 Å². The van der Waals surface area contributed by atoms with Crippen molar-refractivity contribution in [2.75, 3.05) is 11.9 Å². The number of carbonyl (C=O) groups excluding carboxylic acids is 1. The van der Waals surface area contributed by atoms with E-state index in [1.807, 2.05) is 6.07 Å². The standard InChI is InChI=1S/C20H29BrO3/c1-6-23-19(22)20(4,5)24-18-12-10-16(8-7-13-21)14-17(18)11-9-15(2)3/h9-10,12,14H,6-8,11,13H2,1-5H3. The van der Waals surface area contributed by atoms with Crippen LogP contribution in [0.2, 0.25) is 0 Å². The van der Waals surface area contributed by atoms with Crippen molar-refractivity contribution in [1.82, 2.24) is 0 Å². The summed E-state index contributed by atoms with van der Waals surface area (Å²) in [5.74, 6) is 0.398. The van der Waals surface area contributed by atoms with Crippen molar-refractivity contribution < 1.29 is 14.3 Å². The van der Waals surface area contributed by atoms with E-state index >= 15 is 0 Å². The van der Waals surface area contributed by atoms with Crippen LogP contribution in [0.15, 0.2) is 29.8 Å². The van der Waals surface area contributed by atoms with Crippen molar-refractivity contribution >= 4 is 21.9 Å². The molecule has 0 saturated carbocycles. The van der Waals surface area contributed by atoms with E-state index in [-0.39, 0.29) is 5.97 Å². The van der Waals surface area contributed by atoms with Crippen LogP contribution in [0.1, 0.15) is 52.2 Å². The van der Waals surface area contributed by atoms with Crippen LogP contribution < -0.4 is 4.74 Å². The number of rotatable bonds is 9. The molecule has 0 radical (unpaired) electrons. The van der Waals surface area contributed by atoms with E-state index < -0.39 is 5.60 Å². The van der Waals surface area contributed by atoms with Crippen molar-refractivity contribution in [2.24, 2.45) is 0 Å². The van der Waals surface area contributed by atoms with E-state index in [1.165, 1.54) is 11.1 Å². The van der Waals surface area contributed by atoms with Gasteiger partial charge < -0.3 is 9.47 Å². The summed E-state index contributed by atoms with van der Waals surface area (Å²) in [5, 5.41) is 0.991. The monoisotopic (exact) mass is 396 g/mol. The number of esters is 1. The van der Waals surface area contributed by atoms with Crippen molar-refractivity contribution in [3.63, 3.8) is 0 Å². The molecule has 0 N–H and O–H groups in total. The van der Waals surface area contributed by atoms with Gasteiger partial charge in [-0.2, -0.15) is 0 Å². The minimum absolute atomic E-state index is 0.346. The second-order valence-corrected chi connectivity index (χ2v) is 7.35. The molecule has 3 nitrogen and oxygen atoms in total. The van der Waals surface area contributed by atoms with E-state index in [0.717, 1.165) is 35.9 Å². The average molecular weight is 397 g/mol. The molecule has 0 amide bonds.